The summed E-state index contributed by atoms with van der Waals surface area (Å²) in [6.07, 6.45) is 0. The average molecular weight is 289 g/mol. The quantitative estimate of drug-likeness (QED) is 0.796. The summed E-state index contributed by atoms with van der Waals surface area (Å²) >= 11 is 0. The Morgan fingerprint density at radius 3 is 2.52 bits per heavy atom. The Bertz CT molecular complexity index is 422. The van der Waals surface area contributed by atoms with E-state index in [4.69, 9.17) is 0 Å². The number of nitrogens with zero attached hydrogens (tertiary/aromatic N) is 3. The van der Waals surface area contributed by atoms with Gasteiger partial charge in [-0.15, -0.1) is 0 Å². The zero-order valence-corrected chi connectivity index (χ0v) is 14.2. The molecule has 1 aliphatic heterocycles. The van der Waals surface area contributed by atoms with Gasteiger partial charge in [0.15, 0.2) is 0 Å². The molecule has 2 rings (SSSR count). The van der Waals surface area contributed by atoms with Crippen LogP contribution in [0.3, 0.4) is 0 Å². The first kappa shape index (κ1) is 16.5. The molecular weight excluding hydrogens is 258 g/mol. The Morgan fingerprint density at radius 1 is 1.14 bits per heavy atom. The van der Waals surface area contributed by atoms with Crippen molar-refractivity contribution in [1.29, 1.82) is 0 Å². The SMILES string of the molecule is CC(C)c1cccc(CN(C)CCN2CCN(C)CC2)c1. The Kier molecular flexibility index (Phi) is 6.22. The van der Waals surface area contributed by atoms with Crippen LogP contribution in [0.25, 0.3) is 0 Å². The molecule has 3 nitrogen and oxygen atoms in total. The molecule has 0 radical (unpaired) electrons. The predicted octanol–water partition coefficient (Wildman–Crippen LogP) is 2.49. The average Bonchev–Trinajstić information content (AvgIpc) is 2.47. The van der Waals surface area contributed by atoms with Crippen LogP contribution in [0.4, 0.5) is 0 Å². The van der Waals surface area contributed by atoms with Gasteiger partial charge >= 0.3 is 0 Å². The lowest BCUT2D eigenvalue weighted by atomic mass is 10.0. The molecule has 0 aromatic heterocycles. The maximum Gasteiger partial charge on any atom is 0.0231 e. The number of rotatable bonds is 6. The van der Waals surface area contributed by atoms with Gasteiger partial charge in [0.05, 0.1) is 0 Å². The van der Waals surface area contributed by atoms with Crippen molar-refractivity contribution in [1.82, 2.24) is 14.7 Å². The third-order valence-electron chi connectivity index (χ3n) is 4.46. The minimum Gasteiger partial charge on any atom is -0.304 e. The fourth-order valence-electron chi connectivity index (χ4n) is 2.82. The van der Waals surface area contributed by atoms with Crippen molar-refractivity contribution < 1.29 is 0 Å². The van der Waals surface area contributed by atoms with Crippen LogP contribution in [-0.2, 0) is 6.54 Å². The molecule has 0 amide bonds. The first-order valence-electron chi connectivity index (χ1n) is 8.23. The highest BCUT2D eigenvalue weighted by atomic mass is 15.3. The minimum atomic E-state index is 0.612. The summed E-state index contributed by atoms with van der Waals surface area (Å²) in [4.78, 5) is 7.44. The third-order valence-corrected chi connectivity index (χ3v) is 4.46. The molecule has 3 heteroatoms. The lowest BCUT2D eigenvalue weighted by Crippen LogP contribution is -2.46. The number of hydrogen-bond donors (Lipinski definition) is 0. The van der Waals surface area contributed by atoms with Crippen LogP contribution in [0.2, 0.25) is 0 Å². The molecule has 0 saturated carbocycles. The lowest BCUT2D eigenvalue weighted by Gasteiger charge is -2.33. The fraction of sp³-hybridized carbons (Fsp3) is 0.667. The first-order chi connectivity index (χ1) is 10.0. The largest absolute Gasteiger partial charge is 0.304 e. The van der Waals surface area contributed by atoms with Gasteiger partial charge in [-0.2, -0.15) is 0 Å². The monoisotopic (exact) mass is 289 g/mol. The van der Waals surface area contributed by atoms with E-state index in [0.717, 1.165) is 13.1 Å². The van der Waals surface area contributed by atoms with E-state index in [1.807, 2.05) is 0 Å². The predicted molar refractivity (Wildman–Crippen MR) is 90.8 cm³/mol. The fourth-order valence-corrected chi connectivity index (χ4v) is 2.82. The molecule has 0 unspecified atom stereocenters. The van der Waals surface area contributed by atoms with Crippen molar-refractivity contribution in [3.63, 3.8) is 0 Å². The van der Waals surface area contributed by atoms with E-state index in [0.29, 0.717) is 5.92 Å². The Morgan fingerprint density at radius 2 is 1.86 bits per heavy atom. The van der Waals surface area contributed by atoms with Crippen LogP contribution in [0, 0.1) is 0 Å². The van der Waals surface area contributed by atoms with Crippen LogP contribution in [-0.4, -0.2) is 68.1 Å². The van der Waals surface area contributed by atoms with E-state index in [1.54, 1.807) is 0 Å². The van der Waals surface area contributed by atoms with Crippen LogP contribution in [0.1, 0.15) is 30.9 Å². The van der Waals surface area contributed by atoms with Crippen molar-refractivity contribution in [2.24, 2.45) is 0 Å². The number of piperazine rings is 1. The van der Waals surface area contributed by atoms with E-state index in [-0.39, 0.29) is 0 Å². The molecule has 118 valence electrons. The van der Waals surface area contributed by atoms with Gasteiger partial charge in [-0.1, -0.05) is 38.1 Å². The highest BCUT2D eigenvalue weighted by molar-refractivity contribution is 5.25. The summed E-state index contributed by atoms with van der Waals surface area (Å²) in [5.41, 5.74) is 2.88. The highest BCUT2D eigenvalue weighted by Gasteiger charge is 2.13. The number of benzene rings is 1. The molecule has 1 aromatic carbocycles. The zero-order chi connectivity index (χ0) is 15.2. The molecule has 1 heterocycles. The summed E-state index contributed by atoms with van der Waals surface area (Å²) in [5.74, 6) is 0.612. The molecule has 0 N–H and O–H groups in total. The van der Waals surface area contributed by atoms with Gasteiger partial charge in [0.1, 0.15) is 0 Å². The highest BCUT2D eigenvalue weighted by Crippen LogP contribution is 2.16. The van der Waals surface area contributed by atoms with Crippen LogP contribution in [0.5, 0.6) is 0 Å². The number of hydrogen-bond acceptors (Lipinski definition) is 3. The van der Waals surface area contributed by atoms with Gasteiger partial charge in [-0.25, -0.2) is 0 Å². The van der Waals surface area contributed by atoms with Gasteiger partial charge in [0.25, 0.3) is 0 Å². The van der Waals surface area contributed by atoms with Crippen LogP contribution >= 0.6 is 0 Å². The molecule has 1 aromatic rings. The van der Waals surface area contributed by atoms with Gasteiger partial charge < -0.3 is 9.80 Å². The second-order valence-electron chi connectivity index (χ2n) is 6.78. The molecule has 21 heavy (non-hydrogen) atoms. The Hall–Kier alpha value is -0.900. The second kappa shape index (κ2) is 7.92. The van der Waals surface area contributed by atoms with Gasteiger partial charge in [-0.3, -0.25) is 4.90 Å². The van der Waals surface area contributed by atoms with Crippen molar-refractivity contribution in [3.05, 3.63) is 35.4 Å². The van der Waals surface area contributed by atoms with Crippen LogP contribution in [0.15, 0.2) is 24.3 Å². The molecule has 0 bridgehead atoms. The summed E-state index contributed by atoms with van der Waals surface area (Å²) in [5, 5.41) is 0. The standard InChI is InChI=1S/C18H31N3/c1-16(2)18-7-5-6-17(14-18)15-20(4)10-13-21-11-8-19(3)9-12-21/h5-7,14,16H,8-13,15H2,1-4H3. The topological polar surface area (TPSA) is 9.72 Å². The maximum absolute atomic E-state index is 2.58. The summed E-state index contributed by atoms with van der Waals surface area (Å²) in [7, 11) is 4.45. The van der Waals surface area contributed by atoms with Crippen molar-refractivity contribution in [2.75, 3.05) is 53.4 Å². The molecule has 1 fully saturated rings. The zero-order valence-electron chi connectivity index (χ0n) is 14.2. The summed E-state index contributed by atoms with van der Waals surface area (Å²) < 4.78 is 0. The van der Waals surface area contributed by atoms with Crippen molar-refractivity contribution >= 4 is 0 Å². The maximum atomic E-state index is 2.58. The van der Waals surface area contributed by atoms with Gasteiger partial charge in [-0.05, 0) is 31.1 Å². The van der Waals surface area contributed by atoms with Gasteiger partial charge in [0.2, 0.25) is 0 Å². The Labute approximate surface area is 130 Å². The van der Waals surface area contributed by atoms with E-state index in [9.17, 15) is 0 Å². The number of likely N-dealkylation sites (N-methyl/N-ethyl adjacent to an activating group) is 2. The van der Waals surface area contributed by atoms with E-state index in [1.165, 1.54) is 43.9 Å². The smallest absolute Gasteiger partial charge is 0.0231 e. The lowest BCUT2D eigenvalue weighted by molar-refractivity contribution is 0.139. The van der Waals surface area contributed by atoms with Crippen molar-refractivity contribution in [2.45, 2.75) is 26.3 Å². The minimum absolute atomic E-state index is 0.612. The van der Waals surface area contributed by atoms with E-state index in [2.05, 4.69) is 66.9 Å². The molecule has 1 saturated heterocycles. The Balaban J connectivity index is 1.76. The van der Waals surface area contributed by atoms with Gasteiger partial charge in [0, 0.05) is 45.8 Å². The molecular formula is C18H31N3. The van der Waals surface area contributed by atoms with E-state index < -0.39 is 0 Å². The van der Waals surface area contributed by atoms with E-state index >= 15 is 0 Å². The van der Waals surface area contributed by atoms with Crippen molar-refractivity contribution in [3.8, 4) is 0 Å². The third kappa shape index (κ3) is 5.42. The summed E-state index contributed by atoms with van der Waals surface area (Å²) in [6, 6.07) is 9.03. The first-order valence-corrected chi connectivity index (χ1v) is 8.23. The normalized spacial score (nSPS) is 17.8. The molecule has 1 aliphatic rings. The van der Waals surface area contributed by atoms with Crippen LogP contribution < -0.4 is 0 Å². The molecule has 0 spiro atoms. The second-order valence-corrected chi connectivity index (χ2v) is 6.78. The molecule has 0 aliphatic carbocycles. The summed E-state index contributed by atoms with van der Waals surface area (Å²) in [6.45, 7) is 12.8. The molecule has 0 atom stereocenters.